The molecule has 0 radical (unpaired) electrons. The van der Waals surface area contributed by atoms with Gasteiger partial charge >= 0.3 is 0 Å². The second-order valence-electron chi connectivity index (χ2n) is 9.04. The van der Waals surface area contributed by atoms with E-state index in [2.05, 4.69) is 5.32 Å². The number of benzene rings is 3. The Morgan fingerprint density at radius 3 is 2.29 bits per heavy atom. The zero-order valence-corrected chi connectivity index (χ0v) is 23.0. The number of nitrogens with one attached hydrogen (secondary N) is 1. The maximum Gasteiger partial charge on any atom is 0.264 e. The standard InChI is InChI=1S/C27H31N3O6S2/c1-21-10-9-11-23(18-21)30(37(32,33)24-12-5-3-6-13-24)20-27(31)28-22-14-15-25(36-2)26(19-22)38(34,35)29-16-7-4-8-17-29/h3,5-6,9-15,18-19H,4,7-8,16-17,20H2,1-2H3,(H,28,31). The lowest BCUT2D eigenvalue weighted by Gasteiger charge is -2.27. The van der Waals surface area contributed by atoms with Gasteiger partial charge in [-0.3, -0.25) is 9.10 Å². The number of anilines is 2. The largest absolute Gasteiger partial charge is 0.495 e. The van der Waals surface area contributed by atoms with Crippen LogP contribution in [0.1, 0.15) is 24.8 Å². The van der Waals surface area contributed by atoms with E-state index in [1.807, 2.05) is 13.0 Å². The molecule has 1 aliphatic heterocycles. The fourth-order valence-corrected chi connectivity index (χ4v) is 7.48. The molecule has 0 aromatic heterocycles. The van der Waals surface area contributed by atoms with Crippen LogP contribution in [0.15, 0.2) is 82.6 Å². The number of hydrogen-bond donors (Lipinski definition) is 1. The van der Waals surface area contributed by atoms with Gasteiger partial charge in [0, 0.05) is 18.8 Å². The van der Waals surface area contributed by atoms with E-state index in [-0.39, 0.29) is 21.2 Å². The Hall–Kier alpha value is -3.41. The molecule has 1 heterocycles. The van der Waals surface area contributed by atoms with Crippen molar-refractivity contribution in [3.63, 3.8) is 0 Å². The average Bonchev–Trinajstić information content (AvgIpc) is 2.92. The number of methoxy groups -OCH3 is 1. The van der Waals surface area contributed by atoms with Crippen molar-refractivity contribution in [3.05, 3.63) is 78.4 Å². The van der Waals surface area contributed by atoms with E-state index in [1.165, 1.54) is 41.7 Å². The molecule has 1 N–H and O–H groups in total. The number of rotatable bonds is 9. The van der Waals surface area contributed by atoms with Gasteiger partial charge in [-0.05, 0) is 67.8 Å². The van der Waals surface area contributed by atoms with Gasteiger partial charge in [0.25, 0.3) is 10.0 Å². The Morgan fingerprint density at radius 1 is 0.921 bits per heavy atom. The first-order valence-corrected chi connectivity index (χ1v) is 15.1. The van der Waals surface area contributed by atoms with Gasteiger partial charge in [0.1, 0.15) is 17.2 Å². The molecule has 1 fully saturated rings. The molecule has 3 aromatic rings. The third kappa shape index (κ3) is 6.01. The summed E-state index contributed by atoms with van der Waals surface area (Å²) < 4.78 is 61.5. The Kier molecular flexibility index (Phi) is 8.39. The van der Waals surface area contributed by atoms with E-state index >= 15 is 0 Å². The van der Waals surface area contributed by atoms with E-state index in [0.29, 0.717) is 18.8 Å². The van der Waals surface area contributed by atoms with Crippen LogP contribution < -0.4 is 14.4 Å². The summed E-state index contributed by atoms with van der Waals surface area (Å²) in [5.41, 5.74) is 1.39. The van der Waals surface area contributed by atoms with Crippen molar-refractivity contribution in [1.82, 2.24) is 4.31 Å². The minimum Gasteiger partial charge on any atom is -0.495 e. The highest BCUT2D eigenvalue weighted by atomic mass is 32.2. The summed E-state index contributed by atoms with van der Waals surface area (Å²) in [6.07, 6.45) is 2.54. The van der Waals surface area contributed by atoms with Crippen LogP contribution in [0.4, 0.5) is 11.4 Å². The fourth-order valence-electron chi connectivity index (χ4n) is 4.35. The zero-order chi connectivity index (χ0) is 27.3. The van der Waals surface area contributed by atoms with Gasteiger partial charge in [0.2, 0.25) is 15.9 Å². The van der Waals surface area contributed by atoms with Crippen LogP contribution in [0.25, 0.3) is 0 Å². The number of hydrogen-bond acceptors (Lipinski definition) is 6. The van der Waals surface area contributed by atoms with Gasteiger partial charge < -0.3 is 10.1 Å². The topological polar surface area (TPSA) is 113 Å². The number of carbonyl (C=O) groups excluding carboxylic acids is 1. The van der Waals surface area contributed by atoms with Crippen molar-refractivity contribution < 1.29 is 26.4 Å². The molecule has 4 rings (SSSR count). The second kappa shape index (κ2) is 11.5. The van der Waals surface area contributed by atoms with Crippen molar-refractivity contribution in [2.45, 2.75) is 36.0 Å². The van der Waals surface area contributed by atoms with Gasteiger partial charge in [-0.25, -0.2) is 16.8 Å². The Labute approximate surface area is 224 Å². The lowest BCUT2D eigenvalue weighted by molar-refractivity contribution is -0.114. The predicted octanol–water partition coefficient (Wildman–Crippen LogP) is 4.01. The first-order valence-electron chi connectivity index (χ1n) is 12.3. The summed E-state index contributed by atoms with van der Waals surface area (Å²) in [4.78, 5) is 13.2. The van der Waals surface area contributed by atoms with Crippen molar-refractivity contribution in [3.8, 4) is 5.75 Å². The Morgan fingerprint density at radius 2 is 1.63 bits per heavy atom. The van der Waals surface area contributed by atoms with Crippen molar-refractivity contribution in [2.24, 2.45) is 0 Å². The van der Waals surface area contributed by atoms with E-state index in [4.69, 9.17) is 4.74 Å². The Balaban J connectivity index is 1.63. The predicted molar refractivity (Wildman–Crippen MR) is 146 cm³/mol. The van der Waals surface area contributed by atoms with E-state index in [1.54, 1.807) is 36.4 Å². The fraction of sp³-hybridized carbons (Fsp3) is 0.296. The van der Waals surface area contributed by atoms with Gasteiger partial charge in [-0.15, -0.1) is 0 Å². The van der Waals surface area contributed by atoms with Crippen molar-refractivity contribution in [2.75, 3.05) is 36.4 Å². The summed E-state index contributed by atoms with van der Waals surface area (Å²) >= 11 is 0. The van der Waals surface area contributed by atoms with Crippen molar-refractivity contribution >= 4 is 37.3 Å². The first-order chi connectivity index (χ1) is 18.1. The number of nitrogens with zero attached hydrogens (tertiary/aromatic N) is 2. The van der Waals surface area contributed by atoms with E-state index in [0.717, 1.165) is 29.1 Å². The third-order valence-electron chi connectivity index (χ3n) is 6.29. The molecule has 38 heavy (non-hydrogen) atoms. The lowest BCUT2D eigenvalue weighted by atomic mass is 10.2. The van der Waals surface area contributed by atoms with Gasteiger partial charge in [-0.1, -0.05) is 36.8 Å². The highest BCUT2D eigenvalue weighted by molar-refractivity contribution is 7.92. The average molecular weight is 558 g/mol. The first kappa shape index (κ1) is 27.6. The third-order valence-corrected chi connectivity index (χ3v) is 10.00. The molecule has 0 aliphatic carbocycles. The zero-order valence-electron chi connectivity index (χ0n) is 21.3. The molecular formula is C27H31N3O6S2. The highest BCUT2D eigenvalue weighted by Crippen LogP contribution is 2.31. The minimum absolute atomic E-state index is 0.0489. The molecule has 0 bridgehead atoms. The number of aryl methyl sites for hydroxylation is 1. The Bertz CT molecular complexity index is 1500. The maximum absolute atomic E-state index is 13.5. The maximum atomic E-state index is 13.5. The normalized spacial score (nSPS) is 14.6. The molecule has 1 amide bonds. The molecule has 0 atom stereocenters. The number of sulfonamides is 2. The SMILES string of the molecule is COc1ccc(NC(=O)CN(c2cccc(C)c2)S(=O)(=O)c2ccccc2)cc1S(=O)(=O)N1CCCCC1. The summed E-state index contributed by atoms with van der Waals surface area (Å²) in [5.74, 6) is -0.459. The number of piperidine rings is 1. The molecule has 3 aromatic carbocycles. The number of amides is 1. The minimum atomic E-state index is -4.06. The van der Waals surface area contributed by atoms with E-state index < -0.39 is 32.5 Å². The smallest absolute Gasteiger partial charge is 0.264 e. The number of carbonyl (C=O) groups is 1. The van der Waals surface area contributed by atoms with Crippen LogP contribution in [0.3, 0.4) is 0 Å². The monoisotopic (exact) mass is 557 g/mol. The summed E-state index contributed by atoms with van der Waals surface area (Å²) in [6.45, 7) is 2.16. The van der Waals surface area contributed by atoms with Crippen molar-refractivity contribution in [1.29, 1.82) is 0 Å². The quantitative estimate of drug-likeness (QED) is 0.425. The van der Waals surface area contributed by atoms with Gasteiger partial charge in [0.15, 0.2) is 0 Å². The molecule has 1 aliphatic rings. The molecule has 0 saturated carbocycles. The molecule has 0 unspecified atom stereocenters. The van der Waals surface area contributed by atoms with Crippen LogP contribution in [0, 0.1) is 6.92 Å². The molecule has 202 valence electrons. The van der Waals surface area contributed by atoms with E-state index in [9.17, 15) is 21.6 Å². The molecule has 11 heteroatoms. The van der Waals surface area contributed by atoms with Crippen LogP contribution >= 0.6 is 0 Å². The van der Waals surface area contributed by atoms with Crippen LogP contribution in [0.2, 0.25) is 0 Å². The summed E-state index contributed by atoms with van der Waals surface area (Å²) in [5, 5.41) is 2.66. The van der Waals surface area contributed by atoms with Crippen LogP contribution in [-0.4, -0.2) is 53.8 Å². The van der Waals surface area contributed by atoms with Gasteiger partial charge in [0.05, 0.1) is 17.7 Å². The number of ether oxygens (including phenoxy) is 1. The van der Waals surface area contributed by atoms with Crippen LogP contribution in [0.5, 0.6) is 5.75 Å². The van der Waals surface area contributed by atoms with Gasteiger partial charge in [-0.2, -0.15) is 4.31 Å². The summed E-state index contributed by atoms with van der Waals surface area (Å²) in [6, 6.07) is 19.1. The van der Waals surface area contributed by atoms with Crippen LogP contribution in [-0.2, 0) is 24.8 Å². The highest BCUT2D eigenvalue weighted by Gasteiger charge is 2.30. The molecule has 9 nitrogen and oxygen atoms in total. The lowest BCUT2D eigenvalue weighted by Crippen LogP contribution is -2.38. The molecule has 1 saturated heterocycles. The molecular weight excluding hydrogens is 526 g/mol. The molecule has 0 spiro atoms. The second-order valence-corrected chi connectivity index (χ2v) is 12.8. The summed E-state index contributed by atoms with van der Waals surface area (Å²) in [7, 11) is -6.52.